The average molecular weight is 487 g/mol. The molecule has 9 heteroatoms. The fraction of sp³-hybridized carbons (Fsp3) is 0.364. The molecule has 7 nitrogen and oxygen atoms in total. The zero-order valence-electron chi connectivity index (χ0n) is 17.6. The Morgan fingerprint density at radius 2 is 2.16 bits per heavy atom. The number of fused-ring (bicyclic) bond motifs is 1. The largest absolute Gasteiger partial charge is 0.363 e. The number of anilines is 2. The minimum Gasteiger partial charge on any atom is -0.363 e. The molecule has 0 bridgehead atoms. The van der Waals surface area contributed by atoms with Gasteiger partial charge >= 0.3 is 0 Å². The third-order valence-corrected chi connectivity index (χ3v) is 6.01. The number of halogens is 2. The van der Waals surface area contributed by atoms with E-state index in [0.29, 0.717) is 28.2 Å². The van der Waals surface area contributed by atoms with Crippen LogP contribution in [0.3, 0.4) is 0 Å². The second kappa shape index (κ2) is 8.74. The van der Waals surface area contributed by atoms with Crippen LogP contribution in [0.15, 0.2) is 34.9 Å². The van der Waals surface area contributed by atoms with Gasteiger partial charge < -0.3 is 15.5 Å². The first-order chi connectivity index (χ1) is 14.8. The van der Waals surface area contributed by atoms with Crippen LogP contribution in [0.4, 0.5) is 16.0 Å². The van der Waals surface area contributed by atoms with Crippen molar-refractivity contribution in [2.45, 2.75) is 39.3 Å². The summed E-state index contributed by atoms with van der Waals surface area (Å²) in [5, 5.41) is 7.13. The van der Waals surface area contributed by atoms with Gasteiger partial charge in [-0.3, -0.25) is 4.79 Å². The molecule has 3 heterocycles. The molecule has 162 valence electrons. The number of hydrogen-bond donors (Lipinski definition) is 2. The van der Waals surface area contributed by atoms with Gasteiger partial charge in [0.1, 0.15) is 23.3 Å². The minimum atomic E-state index is -0.303. The van der Waals surface area contributed by atoms with E-state index in [1.807, 2.05) is 26.0 Å². The van der Waals surface area contributed by atoms with Crippen molar-refractivity contribution in [1.82, 2.24) is 20.3 Å². The topological polar surface area (TPSA) is 83.0 Å². The van der Waals surface area contributed by atoms with Crippen LogP contribution in [0.25, 0.3) is 10.9 Å². The summed E-state index contributed by atoms with van der Waals surface area (Å²) in [6, 6.07) is 7.01. The lowest BCUT2D eigenvalue weighted by Crippen LogP contribution is -2.35. The lowest BCUT2D eigenvalue weighted by atomic mass is 10.1. The first kappa shape index (κ1) is 21.4. The third kappa shape index (κ3) is 4.61. The van der Waals surface area contributed by atoms with Crippen LogP contribution in [0.2, 0.25) is 0 Å². The Kier molecular flexibility index (Phi) is 6.04. The molecule has 2 N–H and O–H groups in total. The maximum atomic E-state index is 14.6. The summed E-state index contributed by atoms with van der Waals surface area (Å²) in [5.74, 6) is 1.73. The Hall–Kier alpha value is -2.81. The van der Waals surface area contributed by atoms with Gasteiger partial charge in [0, 0.05) is 37.0 Å². The molecule has 1 aliphatic heterocycles. The second-order valence-electron chi connectivity index (χ2n) is 7.82. The molecule has 4 rings (SSSR count). The van der Waals surface area contributed by atoms with Crippen molar-refractivity contribution in [3.8, 4) is 0 Å². The summed E-state index contributed by atoms with van der Waals surface area (Å²) in [5.41, 5.74) is 1.27. The van der Waals surface area contributed by atoms with Crippen LogP contribution in [-0.4, -0.2) is 40.0 Å². The molecule has 1 saturated heterocycles. The molecule has 1 fully saturated rings. The van der Waals surface area contributed by atoms with Crippen LogP contribution >= 0.6 is 15.9 Å². The lowest BCUT2D eigenvalue weighted by molar-refractivity contribution is -0.119. The molecule has 0 saturated carbocycles. The van der Waals surface area contributed by atoms with Crippen LogP contribution in [0.1, 0.15) is 37.7 Å². The molecular weight excluding hydrogens is 463 g/mol. The average Bonchev–Trinajstić information content (AvgIpc) is 3.17. The number of hydrogen-bond acceptors (Lipinski definition) is 6. The van der Waals surface area contributed by atoms with E-state index in [0.717, 1.165) is 29.7 Å². The molecule has 3 aromatic rings. The summed E-state index contributed by atoms with van der Waals surface area (Å²) in [7, 11) is 0. The number of benzene rings is 1. The van der Waals surface area contributed by atoms with E-state index in [-0.39, 0.29) is 23.8 Å². The molecule has 2 atom stereocenters. The molecule has 31 heavy (non-hydrogen) atoms. The number of carbonyl (C=O) groups is 1. The SMILES string of the molecule is CC(=O)N[C@@H]1CCN(c2cc3c(NC(C)c4cccc(Br)c4F)nc(C)nc3cn2)C1. The summed E-state index contributed by atoms with van der Waals surface area (Å²) >= 11 is 3.25. The van der Waals surface area contributed by atoms with Crippen molar-refractivity contribution >= 4 is 44.4 Å². The van der Waals surface area contributed by atoms with Crippen LogP contribution in [-0.2, 0) is 4.79 Å². The third-order valence-electron chi connectivity index (χ3n) is 5.40. The number of amides is 1. The minimum absolute atomic E-state index is 0.0255. The quantitative estimate of drug-likeness (QED) is 0.564. The van der Waals surface area contributed by atoms with Crippen molar-refractivity contribution in [2.75, 3.05) is 23.3 Å². The van der Waals surface area contributed by atoms with Crippen molar-refractivity contribution in [3.63, 3.8) is 0 Å². The molecule has 2 aromatic heterocycles. The van der Waals surface area contributed by atoms with Crippen LogP contribution in [0.5, 0.6) is 0 Å². The molecule has 1 amide bonds. The zero-order valence-corrected chi connectivity index (χ0v) is 19.2. The van der Waals surface area contributed by atoms with E-state index in [2.05, 4.69) is 46.4 Å². The fourth-order valence-corrected chi connectivity index (χ4v) is 4.31. The van der Waals surface area contributed by atoms with E-state index < -0.39 is 0 Å². The Labute approximate surface area is 188 Å². The molecule has 0 spiro atoms. The van der Waals surface area contributed by atoms with Gasteiger partial charge in [0.25, 0.3) is 0 Å². The van der Waals surface area contributed by atoms with Gasteiger partial charge in [0.2, 0.25) is 5.91 Å². The fourth-order valence-electron chi connectivity index (χ4n) is 3.93. The smallest absolute Gasteiger partial charge is 0.217 e. The summed E-state index contributed by atoms with van der Waals surface area (Å²) in [4.78, 5) is 27.2. The van der Waals surface area contributed by atoms with E-state index in [4.69, 9.17) is 0 Å². The predicted molar refractivity (Wildman–Crippen MR) is 123 cm³/mol. The van der Waals surface area contributed by atoms with Gasteiger partial charge in [0.05, 0.1) is 22.2 Å². The summed E-state index contributed by atoms with van der Waals surface area (Å²) in [6.07, 6.45) is 2.61. The number of aryl methyl sites for hydroxylation is 1. The monoisotopic (exact) mass is 486 g/mol. The molecule has 1 aliphatic rings. The van der Waals surface area contributed by atoms with Gasteiger partial charge in [-0.1, -0.05) is 12.1 Å². The molecule has 0 radical (unpaired) electrons. The second-order valence-corrected chi connectivity index (χ2v) is 8.67. The maximum absolute atomic E-state index is 14.6. The molecule has 1 unspecified atom stereocenters. The maximum Gasteiger partial charge on any atom is 0.217 e. The predicted octanol–water partition coefficient (Wildman–Crippen LogP) is 4.12. The molecular formula is C22H24BrFN6O. The Bertz CT molecular complexity index is 1140. The van der Waals surface area contributed by atoms with Gasteiger partial charge in [0.15, 0.2) is 0 Å². The van der Waals surface area contributed by atoms with Crippen molar-refractivity contribution in [1.29, 1.82) is 0 Å². The van der Waals surface area contributed by atoms with Crippen LogP contribution in [0, 0.1) is 12.7 Å². The van der Waals surface area contributed by atoms with E-state index in [9.17, 15) is 9.18 Å². The number of pyridine rings is 1. The first-order valence-electron chi connectivity index (χ1n) is 10.2. The highest BCUT2D eigenvalue weighted by Gasteiger charge is 2.25. The summed E-state index contributed by atoms with van der Waals surface area (Å²) in [6.45, 7) is 6.76. The number of aromatic nitrogens is 3. The van der Waals surface area contributed by atoms with E-state index >= 15 is 0 Å². The van der Waals surface area contributed by atoms with Gasteiger partial charge in [-0.05, 0) is 48.3 Å². The number of carbonyl (C=O) groups excluding carboxylic acids is 1. The first-order valence-corrected chi connectivity index (χ1v) is 11.0. The van der Waals surface area contributed by atoms with E-state index in [1.54, 1.807) is 18.3 Å². The lowest BCUT2D eigenvalue weighted by Gasteiger charge is -2.20. The highest BCUT2D eigenvalue weighted by molar-refractivity contribution is 9.10. The van der Waals surface area contributed by atoms with Crippen LogP contribution < -0.4 is 15.5 Å². The number of nitrogens with one attached hydrogen (secondary N) is 2. The molecule has 1 aromatic carbocycles. The van der Waals surface area contributed by atoms with Crippen molar-refractivity contribution in [2.24, 2.45) is 0 Å². The molecule has 0 aliphatic carbocycles. The van der Waals surface area contributed by atoms with Crippen molar-refractivity contribution < 1.29 is 9.18 Å². The Morgan fingerprint density at radius 3 is 2.94 bits per heavy atom. The zero-order chi connectivity index (χ0) is 22.1. The highest BCUT2D eigenvalue weighted by atomic mass is 79.9. The normalized spacial score (nSPS) is 17.1. The highest BCUT2D eigenvalue weighted by Crippen LogP contribution is 2.30. The van der Waals surface area contributed by atoms with Crippen molar-refractivity contribution in [3.05, 3.63) is 52.1 Å². The Morgan fingerprint density at radius 1 is 1.35 bits per heavy atom. The standard InChI is InChI=1S/C22H24BrFN6O/c1-12(16-5-4-6-18(23)21(16)24)26-22-17-9-20(25-10-19(17)27-13(2)28-22)30-8-7-15(11-30)29-14(3)31/h4-6,9-10,12,15H,7-8,11H2,1-3H3,(H,29,31)(H,26,27,28)/t12?,15-/m1/s1. The van der Waals surface area contributed by atoms with Gasteiger partial charge in [-0.25, -0.2) is 19.3 Å². The number of nitrogens with zero attached hydrogens (tertiary/aromatic N) is 4. The van der Waals surface area contributed by atoms with E-state index in [1.165, 1.54) is 6.92 Å². The Balaban J connectivity index is 1.65. The van der Waals surface area contributed by atoms with Gasteiger partial charge in [-0.15, -0.1) is 0 Å². The van der Waals surface area contributed by atoms with Gasteiger partial charge in [-0.2, -0.15) is 0 Å². The number of rotatable bonds is 5. The summed E-state index contributed by atoms with van der Waals surface area (Å²) < 4.78 is 15.0.